The summed E-state index contributed by atoms with van der Waals surface area (Å²) in [5, 5.41) is 2.06. The van der Waals surface area contributed by atoms with E-state index in [1.165, 1.54) is 4.90 Å². The van der Waals surface area contributed by atoms with Crippen molar-refractivity contribution in [2.45, 2.75) is 13.1 Å². The Bertz CT molecular complexity index is 308. The quantitative estimate of drug-likeness (QED) is 0.496. The highest BCUT2D eigenvalue weighted by atomic mass is 35.5. The Labute approximate surface area is 91.7 Å². The number of alkyl halides is 1. The van der Waals surface area contributed by atoms with Crippen molar-refractivity contribution in [1.82, 2.24) is 10.2 Å². The fourth-order valence-electron chi connectivity index (χ4n) is 1.50. The van der Waals surface area contributed by atoms with Gasteiger partial charge in [-0.05, 0) is 6.92 Å². The number of rotatable bonds is 3. The van der Waals surface area contributed by atoms with Crippen LogP contribution >= 0.6 is 11.6 Å². The number of hydrogen-bond acceptors (Lipinski definition) is 4. The summed E-state index contributed by atoms with van der Waals surface area (Å²) in [4.78, 5) is 35.2. The van der Waals surface area contributed by atoms with E-state index in [2.05, 4.69) is 5.32 Å². The van der Waals surface area contributed by atoms with Gasteiger partial charge < -0.3 is 10.6 Å². The number of urea groups is 1. The number of nitrogens with two attached hydrogens (primary N) is 1. The van der Waals surface area contributed by atoms with Crippen LogP contribution in [0.3, 0.4) is 0 Å². The molecule has 2 atom stereocenters. The summed E-state index contributed by atoms with van der Waals surface area (Å²) in [5.74, 6) is -2.52. The first-order valence-electron chi connectivity index (χ1n) is 4.48. The zero-order chi connectivity index (χ0) is 11.6. The van der Waals surface area contributed by atoms with Crippen molar-refractivity contribution in [1.29, 1.82) is 0 Å². The molecule has 1 aliphatic rings. The smallest absolute Gasteiger partial charge is 0.310 e. The molecule has 0 aromatic rings. The maximum absolute atomic E-state index is 11.4. The van der Waals surface area contributed by atoms with Crippen LogP contribution in [0.1, 0.15) is 6.92 Å². The zero-order valence-corrected chi connectivity index (χ0v) is 8.95. The zero-order valence-electron chi connectivity index (χ0n) is 8.20. The molecular formula is C8H12ClN3O3. The number of amides is 3. The standard InChI is InChI=1S/C8H12ClN3O3/c1-2-12-6(10)5(4(13)3-9)7(14)11-8(12)15/h5-6H,2-3,10H2,1H3,(H,11,14,15). The van der Waals surface area contributed by atoms with E-state index >= 15 is 0 Å². The van der Waals surface area contributed by atoms with Gasteiger partial charge in [-0.1, -0.05) is 0 Å². The molecule has 1 heterocycles. The first-order valence-corrected chi connectivity index (χ1v) is 5.02. The average Bonchev–Trinajstić information content (AvgIpc) is 2.17. The minimum Gasteiger partial charge on any atom is -0.310 e. The lowest BCUT2D eigenvalue weighted by Crippen LogP contribution is -2.65. The highest BCUT2D eigenvalue weighted by molar-refractivity contribution is 6.30. The molecule has 1 rings (SSSR count). The van der Waals surface area contributed by atoms with E-state index in [1.54, 1.807) is 6.92 Å². The largest absolute Gasteiger partial charge is 0.325 e. The third-order valence-electron chi connectivity index (χ3n) is 2.29. The highest BCUT2D eigenvalue weighted by Gasteiger charge is 2.42. The summed E-state index contributed by atoms with van der Waals surface area (Å²) < 4.78 is 0. The molecule has 3 amide bonds. The Hall–Kier alpha value is -1.14. The molecule has 0 saturated carbocycles. The normalized spacial score (nSPS) is 26.5. The first-order chi connectivity index (χ1) is 7.02. The second-order valence-electron chi connectivity index (χ2n) is 3.15. The number of imide groups is 1. The van der Waals surface area contributed by atoms with E-state index in [0.29, 0.717) is 6.54 Å². The number of Topliss-reactive ketones (excluding diaryl/α,β-unsaturated/α-hetero) is 1. The SMILES string of the molecule is CCN1C(=O)NC(=O)C(C(=O)CCl)C1N. The fourth-order valence-corrected chi connectivity index (χ4v) is 1.67. The summed E-state index contributed by atoms with van der Waals surface area (Å²) in [6, 6.07) is -0.575. The topological polar surface area (TPSA) is 92.5 Å². The van der Waals surface area contributed by atoms with Gasteiger partial charge in [0, 0.05) is 6.54 Å². The third-order valence-corrected chi connectivity index (χ3v) is 2.56. The number of carbonyl (C=O) groups excluding carboxylic acids is 3. The van der Waals surface area contributed by atoms with Crippen molar-refractivity contribution in [2.24, 2.45) is 11.7 Å². The second-order valence-corrected chi connectivity index (χ2v) is 3.42. The Balaban J connectivity index is 2.92. The number of ketones is 1. The van der Waals surface area contributed by atoms with Crippen molar-refractivity contribution in [3.05, 3.63) is 0 Å². The van der Waals surface area contributed by atoms with E-state index in [0.717, 1.165) is 0 Å². The molecule has 3 N–H and O–H groups in total. The summed E-state index contributed by atoms with van der Waals surface area (Å²) >= 11 is 5.35. The first kappa shape index (κ1) is 11.9. The summed E-state index contributed by atoms with van der Waals surface area (Å²) in [6.07, 6.45) is -0.928. The van der Waals surface area contributed by atoms with Gasteiger partial charge in [0.15, 0.2) is 5.78 Å². The van der Waals surface area contributed by atoms with Gasteiger partial charge in [-0.3, -0.25) is 14.9 Å². The average molecular weight is 234 g/mol. The van der Waals surface area contributed by atoms with Gasteiger partial charge >= 0.3 is 6.03 Å². The van der Waals surface area contributed by atoms with Crippen LogP contribution in [0, 0.1) is 5.92 Å². The molecule has 0 radical (unpaired) electrons. The van der Waals surface area contributed by atoms with Crippen LogP contribution in [-0.4, -0.2) is 41.2 Å². The Morgan fingerprint density at radius 2 is 2.20 bits per heavy atom. The van der Waals surface area contributed by atoms with Gasteiger partial charge in [-0.25, -0.2) is 4.79 Å². The van der Waals surface area contributed by atoms with Gasteiger partial charge in [0.1, 0.15) is 12.1 Å². The number of nitrogens with zero attached hydrogens (tertiary/aromatic N) is 1. The van der Waals surface area contributed by atoms with E-state index in [9.17, 15) is 14.4 Å². The molecule has 6 nitrogen and oxygen atoms in total. The Kier molecular flexibility index (Phi) is 3.65. The second kappa shape index (κ2) is 4.59. The maximum atomic E-state index is 11.4. The van der Waals surface area contributed by atoms with Crippen molar-refractivity contribution in [3.8, 4) is 0 Å². The van der Waals surface area contributed by atoms with Crippen LogP contribution in [0.25, 0.3) is 0 Å². The molecule has 0 spiro atoms. The van der Waals surface area contributed by atoms with Crippen LogP contribution in [0.4, 0.5) is 4.79 Å². The van der Waals surface area contributed by atoms with E-state index in [4.69, 9.17) is 17.3 Å². The summed E-state index contributed by atoms with van der Waals surface area (Å²) in [6.45, 7) is 2.03. The van der Waals surface area contributed by atoms with Gasteiger partial charge in [0.25, 0.3) is 0 Å². The van der Waals surface area contributed by atoms with Crippen molar-refractivity contribution in [3.63, 3.8) is 0 Å². The summed E-state index contributed by atoms with van der Waals surface area (Å²) in [5.41, 5.74) is 5.66. The fraction of sp³-hybridized carbons (Fsp3) is 0.625. The molecule has 0 aliphatic carbocycles. The predicted molar refractivity (Wildman–Crippen MR) is 53.1 cm³/mol. The molecule has 84 valence electrons. The lowest BCUT2D eigenvalue weighted by atomic mass is 9.98. The third kappa shape index (κ3) is 2.10. The molecule has 1 saturated heterocycles. The highest BCUT2D eigenvalue weighted by Crippen LogP contribution is 2.14. The van der Waals surface area contributed by atoms with Crippen molar-refractivity contribution < 1.29 is 14.4 Å². The molecule has 2 unspecified atom stereocenters. The van der Waals surface area contributed by atoms with E-state index in [-0.39, 0.29) is 5.88 Å². The minimum atomic E-state index is -1.07. The number of hydrogen-bond donors (Lipinski definition) is 2. The maximum Gasteiger partial charge on any atom is 0.325 e. The summed E-state index contributed by atoms with van der Waals surface area (Å²) in [7, 11) is 0. The molecular weight excluding hydrogens is 222 g/mol. The lowest BCUT2D eigenvalue weighted by Gasteiger charge is -2.36. The van der Waals surface area contributed by atoms with Crippen LogP contribution in [0.15, 0.2) is 0 Å². The molecule has 0 aromatic carbocycles. The number of carbonyl (C=O) groups is 3. The van der Waals surface area contributed by atoms with Gasteiger partial charge in [-0.2, -0.15) is 0 Å². The monoisotopic (exact) mass is 233 g/mol. The van der Waals surface area contributed by atoms with Crippen molar-refractivity contribution >= 4 is 29.3 Å². The van der Waals surface area contributed by atoms with Gasteiger partial charge in [0.05, 0.1) is 5.88 Å². The predicted octanol–water partition coefficient (Wildman–Crippen LogP) is -0.733. The van der Waals surface area contributed by atoms with Crippen LogP contribution in [0.2, 0.25) is 0 Å². The lowest BCUT2D eigenvalue weighted by molar-refractivity contribution is -0.136. The molecule has 0 bridgehead atoms. The van der Waals surface area contributed by atoms with Crippen molar-refractivity contribution in [2.75, 3.05) is 12.4 Å². The molecule has 7 heteroatoms. The van der Waals surface area contributed by atoms with Crippen LogP contribution in [-0.2, 0) is 9.59 Å². The van der Waals surface area contributed by atoms with Crippen LogP contribution in [0.5, 0.6) is 0 Å². The molecule has 1 fully saturated rings. The number of nitrogens with one attached hydrogen (secondary N) is 1. The van der Waals surface area contributed by atoms with E-state index < -0.39 is 29.8 Å². The van der Waals surface area contributed by atoms with Crippen LogP contribution < -0.4 is 11.1 Å². The Morgan fingerprint density at radius 1 is 1.60 bits per heavy atom. The van der Waals surface area contributed by atoms with E-state index in [1.807, 2.05) is 0 Å². The minimum absolute atomic E-state index is 0.294. The van der Waals surface area contributed by atoms with Gasteiger partial charge in [-0.15, -0.1) is 11.6 Å². The molecule has 15 heavy (non-hydrogen) atoms. The molecule has 0 aromatic heterocycles. The van der Waals surface area contributed by atoms with Gasteiger partial charge in [0.2, 0.25) is 5.91 Å². The Morgan fingerprint density at radius 3 is 2.67 bits per heavy atom. The molecule has 1 aliphatic heterocycles. The number of halogens is 1.